The van der Waals surface area contributed by atoms with E-state index in [9.17, 15) is 28.8 Å². The number of carbonyl (C=O) groups is 6. The Morgan fingerprint density at radius 1 is 0.393 bits per heavy atom. The Morgan fingerprint density at radius 2 is 0.656 bits per heavy atom. The second-order valence-corrected chi connectivity index (χ2v) is 12.3. The van der Waals surface area contributed by atoms with Crippen molar-refractivity contribution in [1.29, 1.82) is 0 Å². The summed E-state index contributed by atoms with van der Waals surface area (Å²) in [5, 5.41) is 0. The number of esters is 6. The van der Waals surface area contributed by atoms with Gasteiger partial charge in [-0.05, 0) is 54.7 Å². The fourth-order valence-corrected chi connectivity index (χ4v) is 4.29. The zero-order valence-corrected chi connectivity index (χ0v) is 35.1. The third-order valence-electron chi connectivity index (χ3n) is 7.57. The highest BCUT2D eigenvalue weighted by molar-refractivity contribution is 5.82. The summed E-state index contributed by atoms with van der Waals surface area (Å²) in [6, 6.07) is 15.7. The van der Waals surface area contributed by atoms with E-state index in [-0.39, 0.29) is 58.3 Å². The average molecular weight is 851 g/mol. The van der Waals surface area contributed by atoms with E-state index in [1.165, 1.54) is 0 Å². The number of hydrogen-bond donors (Lipinski definition) is 0. The van der Waals surface area contributed by atoms with Crippen molar-refractivity contribution in [2.24, 2.45) is 0 Å². The lowest BCUT2D eigenvalue weighted by atomic mass is 9.78. The van der Waals surface area contributed by atoms with E-state index in [4.69, 9.17) is 33.2 Å². The van der Waals surface area contributed by atoms with Gasteiger partial charge in [-0.1, -0.05) is 77.6 Å². The Kier molecular flexibility index (Phi) is 30.4. The molecule has 0 amide bonds. The molecule has 332 valence electrons. The number of benzene rings is 2. The molecular formula is C46H58O15. The lowest BCUT2D eigenvalue weighted by Gasteiger charge is -2.26. The molecule has 0 radical (unpaired) electrons. The van der Waals surface area contributed by atoms with Crippen molar-refractivity contribution in [1.82, 2.24) is 0 Å². The van der Waals surface area contributed by atoms with Crippen LogP contribution in [0.1, 0.15) is 44.2 Å². The Labute approximate surface area is 358 Å². The maximum absolute atomic E-state index is 11.0. The van der Waals surface area contributed by atoms with Gasteiger partial charge >= 0.3 is 35.8 Å². The summed E-state index contributed by atoms with van der Waals surface area (Å²) in [6.45, 7) is 26.4. The van der Waals surface area contributed by atoms with E-state index < -0.39 is 35.8 Å². The number of rotatable bonds is 28. The van der Waals surface area contributed by atoms with Gasteiger partial charge in [0.15, 0.2) is 0 Å². The Balaban J connectivity index is 0.00000101. The second kappa shape index (κ2) is 34.2. The second-order valence-electron chi connectivity index (χ2n) is 12.3. The van der Waals surface area contributed by atoms with Crippen LogP contribution in [0.15, 0.2) is 124 Å². The average Bonchev–Trinajstić information content (AvgIpc) is 3.28. The van der Waals surface area contributed by atoms with Crippen LogP contribution < -0.4 is 9.47 Å². The van der Waals surface area contributed by atoms with Crippen LogP contribution >= 0.6 is 0 Å². The van der Waals surface area contributed by atoms with Gasteiger partial charge in [-0.15, -0.1) is 0 Å². The largest absolute Gasteiger partial charge is 0.490 e. The van der Waals surface area contributed by atoms with E-state index in [0.717, 1.165) is 66.8 Å². The van der Waals surface area contributed by atoms with E-state index in [2.05, 4.69) is 62.8 Å². The third-order valence-corrected chi connectivity index (χ3v) is 7.57. The maximum atomic E-state index is 11.0. The Morgan fingerprint density at radius 3 is 0.934 bits per heavy atom. The zero-order valence-electron chi connectivity index (χ0n) is 35.1. The molecule has 0 aliphatic rings. The van der Waals surface area contributed by atoms with Gasteiger partial charge in [-0.2, -0.15) is 0 Å². The number of hydrogen-bond acceptors (Lipinski definition) is 15. The van der Waals surface area contributed by atoms with E-state index in [0.29, 0.717) is 24.7 Å². The Bertz CT molecular complexity index is 1520. The quantitative estimate of drug-likeness (QED) is 0.0401. The summed E-state index contributed by atoms with van der Waals surface area (Å²) in [6.07, 6.45) is 9.01. The van der Waals surface area contributed by atoms with Gasteiger partial charge in [0, 0.05) is 41.9 Å². The molecule has 0 aliphatic carbocycles. The summed E-state index contributed by atoms with van der Waals surface area (Å²) in [4.78, 5) is 64.3. The van der Waals surface area contributed by atoms with Crippen molar-refractivity contribution >= 4 is 35.8 Å². The molecular weight excluding hydrogens is 792 g/mol. The molecule has 2 aromatic rings. The molecule has 0 atom stereocenters. The minimum absolute atomic E-state index is 0.153. The number of unbranched alkanes of at least 4 members (excludes halogenated alkanes) is 2. The topological polar surface area (TPSA) is 185 Å². The standard InChI is InChI=1S/C25H28O6.C11H16O4.C10H14O5/c1-5-23(26)30-17-15-28-21-11-7-19(8-12-21)25(3,4)20-9-13-22(14-10-20)29-16-18-31-24(27)6-2;1-3-10(12)14-8-6-5-7-9-15-11(13)4-2;1-3-9(11)14-7-5-13-6-8-15-10(12)4-2/h5-14H,1-2,15-18H2,3-4H3;3-4H,1-2,5-9H2;3-4H,1-2,5-8H2. The smallest absolute Gasteiger partial charge is 0.330 e. The van der Waals surface area contributed by atoms with Gasteiger partial charge in [0.05, 0.1) is 26.4 Å². The maximum Gasteiger partial charge on any atom is 0.330 e. The lowest BCUT2D eigenvalue weighted by molar-refractivity contribution is -0.141. The molecule has 0 bridgehead atoms. The fraction of sp³-hybridized carbons (Fsp3) is 0.348. The fourth-order valence-electron chi connectivity index (χ4n) is 4.29. The van der Waals surface area contributed by atoms with Gasteiger partial charge in [0.1, 0.15) is 51.1 Å². The van der Waals surface area contributed by atoms with Crippen LogP contribution in [0.5, 0.6) is 11.5 Å². The molecule has 0 aliphatic heterocycles. The summed E-state index contributed by atoms with van der Waals surface area (Å²) in [7, 11) is 0. The molecule has 15 nitrogen and oxygen atoms in total. The molecule has 0 spiro atoms. The first-order valence-electron chi connectivity index (χ1n) is 19.1. The van der Waals surface area contributed by atoms with Crippen LogP contribution in [0.3, 0.4) is 0 Å². The van der Waals surface area contributed by atoms with Crippen molar-refractivity contribution in [3.05, 3.63) is 136 Å². The molecule has 2 aromatic carbocycles. The van der Waals surface area contributed by atoms with Gasteiger partial charge in [-0.3, -0.25) is 0 Å². The molecule has 0 heterocycles. The summed E-state index contributed by atoms with van der Waals surface area (Å²) < 4.78 is 44.7. The monoisotopic (exact) mass is 850 g/mol. The van der Waals surface area contributed by atoms with Crippen LogP contribution in [-0.2, 0) is 67.3 Å². The van der Waals surface area contributed by atoms with Crippen LogP contribution in [0, 0.1) is 0 Å². The normalized spacial score (nSPS) is 9.87. The van der Waals surface area contributed by atoms with Crippen LogP contribution in [0.2, 0.25) is 0 Å². The number of ether oxygens (including phenoxy) is 9. The molecule has 0 saturated carbocycles. The van der Waals surface area contributed by atoms with Crippen molar-refractivity contribution in [3.63, 3.8) is 0 Å². The van der Waals surface area contributed by atoms with E-state index in [1.807, 2.05) is 48.5 Å². The van der Waals surface area contributed by atoms with Crippen molar-refractivity contribution in [2.45, 2.75) is 38.5 Å². The molecule has 2 rings (SSSR count). The van der Waals surface area contributed by atoms with Crippen molar-refractivity contribution in [2.75, 3.05) is 66.1 Å². The molecule has 0 saturated heterocycles. The first-order valence-corrected chi connectivity index (χ1v) is 19.1. The zero-order chi connectivity index (χ0) is 45.7. The molecule has 0 aromatic heterocycles. The van der Waals surface area contributed by atoms with Crippen LogP contribution in [-0.4, -0.2) is 102 Å². The summed E-state index contributed by atoms with van der Waals surface area (Å²) >= 11 is 0. The van der Waals surface area contributed by atoms with Gasteiger partial charge < -0.3 is 42.6 Å². The van der Waals surface area contributed by atoms with Gasteiger partial charge in [0.2, 0.25) is 0 Å². The number of carbonyl (C=O) groups excluding carboxylic acids is 6. The van der Waals surface area contributed by atoms with Gasteiger partial charge in [-0.25, -0.2) is 28.8 Å². The first-order chi connectivity index (χ1) is 29.3. The molecule has 15 heteroatoms. The predicted octanol–water partition coefficient (Wildman–Crippen LogP) is 6.31. The lowest BCUT2D eigenvalue weighted by Crippen LogP contribution is -2.19. The highest BCUT2D eigenvalue weighted by Crippen LogP contribution is 2.33. The van der Waals surface area contributed by atoms with Gasteiger partial charge in [0.25, 0.3) is 0 Å². The van der Waals surface area contributed by atoms with E-state index in [1.54, 1.807) is 0 Å². The predicted molar refractivity (Wildman–Crippen MR) is 228 cm³/mol. The Hall–Kier alpha value is -6.74. The van der Waals surface area contributed by atoms with E-state index >= 15 is 0 Å². The summed E-state index contributed by atoms with van der Waals surface area (Å²) in [5.41, 5.74) is 2.03. The highest BCUT2D eigenvalue weighted by atomic mass is 16.6. The molecule has 61 heavy (non-hydrogen) atoms. The van der Waals surface area contributed by atoms with Crippen LogP contribution in [0.25, 0.3) is 0 Å². The minimum Gasteiger partial charge on any atom is -0.490 e. The van der Waals surface area contributed by atoms with Crippen LogP contribution in [0.4, 0.5) is 0 Å². The SMILES string of the molecule is C=CC(=O)OCCCCCOC(=O)C=C.C=CC(=O)OCCOCCOC(=O)C=C.C=CC(=O)OCCOc1ccc(C(C)(C)c2ccc(OCCOC(=O)C=C)cc2)cc1. The first kappa shape index (κ1) is 54.3. The summed E-state index contributed by atoms with van der Waals surface area (Å²) in [5.74, 6) is -1.32. The van der Waals surface area contributed by atoms with Crippen molar-refractivity contribution < 1.29 is 71.4 Å². The third kappa shape index (κ3) is 27.6. The minimum atomic E-state index is -0.489. The molecule has 0 N–H and O–H groups in total. The highest BCUT2D eigenvalue weighted by Gasteiger charge is 2.23. The molecule has 0 unspecified atom stereocenters. The molecule has 0 fully saturated rings. The van der Waals surface area contributed by atoms with Crippen molar-refractivity contribution in [3.8, 4) is 11.5 Å².